The topological polar surface area (TPSA) is 48.1 Å². The third kappa shape index (κ3) is 3.11. The number of nitrogen functional groups attached to an aromatic ring is 1. The molecule has 0 unspecified atom stereocenters. The van der Waals surface area contributed by atoms with Crippen LogP contribution in [-0.4, -0.2) is 4.98 Å². The van der Waals surface area contributed by atoms with Crippen molar-refractivity contribution in [3.63, 3.8) is 0 Å². The molecule has 1 heterocycles. The molecule has 0 aliphatic rings. The van der Waals surface area contributed by atoms with Crippen LogP contribution < -0.4 is 10.5 Å². The first-order valence-electron chi connectivity index (χ1n) is 5.04. The lowest BCUT2D eigenvalue weighted by Gasteiger charge is -2.09. The summed E-state index contributed by atoms with van der Waals surface area (Å²) in [5, 5.41) is 0.0439. The highest BCUT2D eigenvalue weighted by atomic mass is 79.9. The maximum Gasteiger partial charge on any atom is 0.145 e. The summed E-state index contributed by atoms with van der Waals surface area (Å²) in [5.74, 6) is 0.272. The van der Waals surface area contributed by atoms with Crippen molar-refractivity contribution in [2.24, 2.45) is 0 Å². The number of rotatable bonds is 3. The molecule has 0 saturated heterocycles. The smallest absolute Gasteiger partial charge is 0.145 e. The summed E-state index contributed by atoms with van der Waals surface area (Å²) in [6, 6.07) is 6.15. The van der Waals surface area contributed by atoms with Crippen LogP contribution in [0.1, 0.15) is 5.56 Å². The van der Waals surface area contributed by atoms with Gasteiger partial charge in [-0.25, -0.2) is 9.37 Å². The predicted octanol–water partition coefficient (Wildman–Crippen LogP) is 3.80. The summed E-state index contributed by atoms with van der Waals surface area (Å²) in [6.45, 7) is 0.270. The van der Waals surface area contributed by atoms with Gasteiger partial charge in [0.2, 0.25) is 0 Å². The van der Waals surface area contributed by atoms with E-state index in [9.17, 15) is 4.39 Å². The molecule has 0 atom stereocenters. The number of nitrogens with two attached hydrogens (primary N) is 1. The molecule has 94 valence electrons. The van der Waals surface area contributed by atoms with E-state index in [1.807, 2.05) is 0 Å². The molecule has 2 rings (SSSR count). The van der Waals surface area contributed by atoms with E-state index in [2.05, 4.69) is 20.9 Å². The maximum atomic E-state index is 13.3. The second kappa shape index (κ2) is 5.54. The summed E-state index contributed by atoms with van der Waals surface area (Å²) in [6.07, 6.45) is 1.59. The van der Waals surface area contributed by atoms with E-state index >= 15 is 0 Å². The predicted molar refractivity (Wildman–Crippen MR) is 72.1 cm³/mol. The number of ether oxygens (including phenoxy) is 1. The molecule has 1 aromatic carbocycles. The molecule has 0 radical (unpaired) electrons. The summed E-state index contributed by atoms with van der Waals surface area (Å²) in [5.41, 5.74) is 6.40. The van der Waals surface area contributed by atoms with Crippen LogP contribution in [0.25, 0.3) is 0 Å². The zero-order chi connectivity index (χ0) is 13.1. The fourth-order valence-electron chi connectivity index (χ4n) is 1.36. The molecule has 0 fully saturated rings. The second-order valence-corrected chi connectivity index (χ2v) is 4.84. The molecule has 2 N–H and O–H groups in total. The van der Waals surface area contributed by atoms with Crippen molar-refractivity contribution in [3.05, 3.63) is 51.3 Å². The largest absolute Gasteiger partial charge is 0.488 e. The van der Waals surface area contributed by atoms with E-state index in [-0.39, 0.29) is 11.6 Å². The van der Waals surface area contributed by atoms with Crippen molar-refractivity contribution in [2.45, 2.75) is 6.61 Å². The molecule has 0 aliphatic carbocycles. The third-order valence-corrected chi connectivity index (χ3v) is 3.12. The zero-order valence-corrected chi connectivity index (χ0v) is 11.5. The minimum atomic E-state index is -0.524. The Hall–Kier alpha value is -1.33. The van der Waals surface area contributed by atoms with Gasteiger partial charge >= 0.3 is 0 Å². The molecule has 0 amide bonds. The first-order chi connectivity index (χ1) is 8.56. The first-order valence-corrected chi connectivity index (χ1v) is 6.21. The number of benzene rings is 1. The molecule has 0 bridgehead atoms. The Morgan fingerprint density at radius 2 is 2.17 bits per heavy atom. The minimum Gasteiger partial charge on any atom is -0.488 e. The van der Waals surface area contributed by atoms with Gasteiger partial charge in [-0.2, -0.15) is 0 Å². The third-order valence-electron chi connectivity index (χ3n) is 2.21. The first kappa shape index (κ1) is 13.1. The van der Waals surface area contributed by atoms with Gasteiger partial charge in [0.25, 0.3) is 0 Å². The van der Waals surface area contributed by atoms with Crippen LogP contribution in [0.4, 0.5) is 10.2 Å². The lowest BCUT2D eigenvalue weighted by atomic mass is 10.3. The van der Waals surface area contributed by atoms with Crippen LogP contribution in [0, 0.1) is 5.82 Å². The molecular weight excluding hydrogens is 322 g/mol. The fourth-order valence-corrected chi connectivity index (χ4v) is 2.11. The molecule has 0 aliphatic heterocycles. The highest BCUT2D eigenvalue weighted by molar-refractivity contribution is 9.10. The van der Waals surface area contributed by atoms with Gasteiger partial charge in [0.1, 0.15) is 24.0 Å². The summed E-state index contributed by atoms with van der Waals surface area (Å²) in [7, 11) is 0. The van der Waals surface area contributed by atoms with E-state index in [0.717, 1.165) is 5.56 Å². The Bertz CT molecular complexity index is 580. The average Bonchev–Trinajstić information content (AvgIpc) is 2.32. The van der Waals surface area contributed by atoms with Crippen LogP contribution >= 0.6 is 27.5 Å². The van der Waals surface area contributed by atoms with Gasteiger partial charge in [0, 0.05) is 12.3 Å². The van der Waals surface area contributed by atoms with E-state index in [4.69, 9.17) is 22.1 Å². The molecule has 0 spiro atoms. The highest BCUT2D eigenvalue weighted by Gasteiger charge is 2.08. The summed E-state index contributed by atoms with van der Waals surface area (Å²) in [4.78, 5) is 3.87. The molecule has 6 heteroatoms. The van der Waals surface area contributed by atoms with Gasteiger partial charge in [0.15, 0.2) is 0 Å². The van der Waals surface area contributed by atoms with Gasteiger partial charge in [-0.1, -0.05) is 11.6 Å². The highest BCUT2D eigenvalue weighted by Crippen LogP contribution is 2.31. The van der Waals surface area contributed by atoms with E-state index in [0.29, 0.717) is 16.0 Å². The summed E-state index contributed by atoms with van der Waals surface area (Å²) >= 11 is 8.89. The normalized spacial score (nSPS) is 10.4. The van der Waals surface area contributed by atoms with E-state index < -0.39 is 5.82 Å². The lowest BCUT2D eigenvalue weighted by molar-refractivity contribution is 0.302. The Morgan fingerprint density at radius 3 is 2.89 bits per heavy atom. The second-order valence-electron chi connectivity index (χ2n) is 3.57. The fraction of sp³-hybridized carbons (Fsp3) is 0.0833. The number of pyridine rings is 1. The molecule has 1 aromatic heterocycles. The van der Waals surface area contributed by atoms with Crippen LogP contribution in [0.2, 0.25) is 5.02 Å². The number of hydrogen-bond acceptors (Lipinski definition) is 3. The van der Waals surface area contributed by atoms with Crippen LogP contribution in [0.3, 0.4) is 0 Å². The number of aromatic nitrogens is 1. The van der Waals surface area contributed by atoms with E-state index in [1.54, 1.807) is 18.3 Å². The van der Waals surface area contributed by atoms with Gasteiger partial charge < -0.3 is 10.5 Å². The minimum absolute atomic E-state index is 0.0439. The molecule has 3 nitrogen and oxygen atoms in total. The average molecular weight is 332 g/mol. The Labute approximate surface area is 117 Å². The molecule has 0 saturated carbocycles. The molecule has 2 aromatic rings. The van der Waals surface area contributed by atoms with Crippen LogP contribution in [0.5, 0.6) is 5.75 Å². The van der Waals surface area contributed by atoms with Crippen molar-refractivity contribution in [3.8, 4) is 5.75 Å². The van der Waals surface area contributed by atoms with E-state index in [1.165, 1.54) is 12.1 Å². The van der Waals surface area contributed by atoms with Gasteiger partial charge in [-0.15, -0.1) is 0 Å². The molecular formula is C12H9BrClFN2O. The maximum absolute atomic E-state index is 13.3. The Kier molecular flexibility index (Phi) is 4.04. The van der Waals surface area contributed by atoms with Gasteiger partial charge in [-0.05, 0) is 39.7 Å². The number of halogens is 3. The summed E-state index contributed by atoms with van der Waals surface area (Å²) < 4.78 is 19.4. The lowest BCUT2D eigenvalue weighted by Crippen LogP contribution is -1.99. The standard InChI is InChI=1S/C12H9BrClFN2O/c13-8-4-9(14)10(15)5-11(8)18-6-7-1-2-17-12(16)3-7/h1-5H,6H2,(H2,16,17). The quantitative estimate of drug-likeness (QED) is 0.870. The van der Waals surface area contributed by atoms with Gasteiger partial charge in [-0.3, -0.25) is 0 Å². The molecule has 18 heavy (non-hydrogen) atoms. The Balaban J connectivity index is 2.13. The SMILES string of the molecule is Nc1cc(COc2cc(F)c(Cl)cc2Br)ccn1. The van der Waals surface area contributed by atoms with Crippen molar-refractivity contribution in [1.29, 1.82) is 0 Å². The van der Waals surface area contributed by atoms with Crippen LogP contribution in [0.15, 0.2) is 34.9 Å². The van der Waals surface area contributed by atoms with Crippen molar-refractivity contribution >= 4 is 33.3 Å². The Morgan fingerprint density at radius 1 is 1.39 bits per heavy atom. The van der Waals surface area contributed by atoms with Crippen LogP contribution in [-0.2, 0) is 6.61 Å². The van der Waals surface area contributed by atoms with Crippen molar-refractivity contribution < 1.29 is 9.13 Å². The number of hydrogen-bond donors (Lipinski definition) is 1. The number of nitrogens with zero attached hydrogens (tertiary/aromatic N) is 1. The zero-order valence-electron chi connectivity index (χ0n) is 9.16. The van der Waals surface area contributed by atoms with Crippen molar-refractivity contribution in [1.82, 2.24) is 4.98 Å². The van der Waals surface area contributed by atoms with Gasteiger partial charge in [0.05, 0.1) is 9.50 Å². The van der Waals surface area contributed by atoms with Crippen molar-refractivity contribution in [2.75, 3.05) is 5.73 Å². The monoisotopic (exact) mass is 330 g/mol. The number of anilines is 1.